The summed E-state index contributed by atoms with van der Waals surface area (Å²) in [7, 11) is 1.62. The number of ether oxygens (including phenoxy) is 2. The number of hydrogen-bond donors (Lipinski definition) is 1. The predicted molar refractivity (Wildman–Crippen MR) is 80.9 cm³/mol. The van der Waals surface area contributed by atoms with Crippen molar-refractivity contribution < 1.29 is 14.3 Å². The largest absolute Gasteiger partial charge is 0.497 e. The van der Waals surface area contributed by atoms with Gasteiger partial charge in [-0.2, -0.15) is 0 Å². The zero-order valence-electron chi connectivity index (χ0n) is 12.1. The van der Waals surface area contributed by atoms with Crippen molar-refractivity contribution >= 4 is 11.5 Å². The normalized spacial score (nSPS) is 17.0. The maximum absolute atomic E-state index is 12.3. The van der Waals surface area contributed by atoms with Crippen molar-refractivity contribution in [2.75, 3.05) is 12.8 Å². The first-order valence-electron chi connectivity index (χ1n) is 6.82. The first kappa shape index (κ1) is 13.5. The van der Waals surface area contributed by atoms with Crippen LogP contribution in [-0.2, 0) is 0 Å². The summed E-state index contributed by atoms with van der Waals surface area (Å²) in [5.74, 6) is 1.33. The molecule has 0 spiro atoms. The van der Waals surface area contributed by atoms with Crippen LogP contribution in [0.2, 0.25) is 0 Å². The van der Waals surface area contributed by atoms with Crippen molar-refractivity contribution in [3.63, 3.8) is 0 Å². The zero-order chi connectivity index (χ0) is 15.0. The number of methoxy groups -OCH3 is 1. The minimum atomic E-state index is -0.305. The van der Waals surface area contributed by atoms with Crippen molar-refractivity contribution in [1.82, 2.24) is 0 Å². The fourth-order valence-electron chi connectivity index (χ4n) is 2.61. The van der Waals surface area contributed by atoms with Gasteiger partial charge in [0, 0.05) is 0 Å². The van der Waals surface area contributed by atoms with Crippen LogP contribution in [0.25, 0.3) is 0 Å². The van der Waals surface area contributed by atoms with E-state index in [9.17, 15) is 4.79 Å². The average Bonchev–Trinajstić information content (AvgIpc) is 2.48. The van der Waals surface area contributed by atoms with Crippen LogP contribution in [0.1, 0.15) is 34.0 Å². The van der Waals surface area contributed by atoms with Gasteiger partial charge in [0.15, 0.2) is 11.5 Å². The molecule has 21 heavy (non-hydrogen) atoms. The highest BCUT2D eigenvalue weighted by atomic mass is 16.5. The number of ketones is 1. The third kappa shape index (κ3) is 2.44. The Balaban J connectivity index is 1.95. The number of nitrogens with two attached hydrogens (primary N) is 1. The summed E-state index contributed by atoms with van der Waals surface area (Å²) in [6.45, 7) is 1.92. The number of carbonyl (C=O) groups is 1. The van der Waals surface area contributed by atoms with Crippen molar-refractivity contribution in [2.24, 2.45) is 0 Å². The molecule has 108 valence electrons. The highest BCUT2D eigenvalue weighted by Crippen LogP contribution is 2.39. The van der Waals surface area contributed by atoms with E-state index >= 15 is 0 Å². The van der Waals surface area contributed by atoms with Crippen LogP contribution in [0.4, 0.5) is 5.69 Å². The molecule has 0 aromatic heterocycles. The Hall–Kier alpha value is -2.49. The molecule has 1 unspecified atom stereocenters. The molecule has 2 N–H and O–H groups in total. The molecule has 0 fully saturated rings. The van der Waals surface area contributed by atoms with Crippen molar-refractivity contribution in [1.29, 1.82) is 0 Å². The third-order valence-electron chi connectivity index (χ3n) is 3.68. The zero-order valence-corrected chi connectivity index (χ0v) is 12.1. The summed E-state index contributed by atoms with van der Waals surface area (Å²) in [6, 6.07) is 11.2. The number of Topliss-reactive ketones (excluding diaryl/α,β-unsaturated/α-hetero) is 1. The molecular formula is C17H17NO3. The predicted octanol–water partition coefficient (Wildman–Crippen LogP) is 3.29. The molecule has 0 amide bonds. The van der Waals surface area contributed by atoms with E-state index in [0.29, 0.717) is 23.4 Å². The van der Waals surface area contributed by atoms with Gasteiger partial charge in [-0.05, 0) is 42.3 Å². The van der Waals surface area contributed by atoms with Crippen LogP contribution in [0.3, 0.4) is 0 Å². The number of carbonyl (C=O) groups excluding carboxylic acids is 1. The molecule has 4 heteroatoms. The maximum Gasteiger partial charge on any atom is 0.170 e. The Bertz CT molecular complexity index is 692. The second kappa shape index (κ2) is 5.13. The van der Waals surface area contributed by atoms with Gasteiger partial charge < -0.3 is 15.2 Å². The van der Waals surface area contributed by atoms with E-state index < -0.39 is 0 Å². The molecule has 0 saturated carbocycles. The van der Waals surface area contributed by atoms with E-state index in [1.807, 2.05) is 43.3 Å². The molecule has 2 aromatic rings. The topological polar surface area (TPSA) is 61.5 Å². The fourth-order valence-corrected chi connectivity index (χ4v) is 2.61. The highest BCUT2D eigenvalue weighted by Gasteiger charge is 2.29. The molecule has 0 radical (unpaired) electrons. The lowest BCUT2D eigenvalue weighted by atomic mass is 9.94. The van der Waals surface area contributed by atoms with Crippen molar-refractivity contribution in [2.45, 2.75) is 19.4 Å². The van der Waals surface area contributed by atoms with Gasteiger partial charge in [0.25, 0.3) is 0 Å². The molecule has 2 aromatic carbocycles. The number of hydrogen-bond acceptors (Lipinski definition) is 4. The highest BCUT2D eigenvalue weighted by molar-refractivity contribution is 6.01. The molecular weight excluding hydrogens is 266 g/mol. The number of aryl methyl sites for hydroxylation is 1. The van der Waals surface area contributed by atoms with Crippen LogP contribution < -0.4 is 15.2 Å². The van der Waals surface area contributed by atoms with Gasteiger partial charge in [-0.3, -0.25) is 4.79 Å². The van der Waals surface area contributed by atoms with Crippen LogP contribution in [-0.4, -0.2) is 12.9 Å². The fraction of sp³-hybridized carbons (Fsp3) is 0.235. The number of rotatable bonds is 2. The summed E-state index contributed by atoms with van der Waals surface area (Å²) < 4.78 is 11.1. The summed E-state index contributed by atoms with van der Waals surface area (Å²) in [6.07, 6.45) is 0.0169. The van der Waals surface area contributed by atoms with E-state index in [1.165, 1.54) is 0 Å². The molecule has 1 heterocycles. The monoisotopic (exact) mass is 283 g/mol. The Labute approximate surface area is 123 Å². The standard InChI is InChI=1S/C17H17NO3/c1-10-7-13-15(19)9-16(21-17(13)14(18)8-10)11-3-5-12(20-2)6-4-11/h3-8,16H,9,18H2,1-2H3. The smallest absolute Gasteiger partial charge is 0.170 e. The number of fused-ring (bicyclic) bond motifs is 1. The van der Waals surface area contributed by atoms with Gasteiger partial charge >= 0.3 is 0 Å². The van der Waals surface area contributed by atoms with E-state index in [2.05, 4.69) is 0 Å². The summed E-state index contributed by atoms with van der Waals surface area (Å²) >= 11 is 0. The number of benzene rings is 2. The Morgan fingerprint density at radius 1 is 1.24 bits per heavy atom. The van der Waals surface area contributed by atoms with Crippen LogP contribution in [0.5, 0.6) is 11.5 Å². The lowest BCUT2D eigenvalue weighted by Crippen LogP contribution is -2.21. The van der Waals surface area contributed by atoms with Gasteiger partial charge in [-0.15, -0.1) is 0 Å². The van der Waals surface area contributed by atoms with Crippen molar-refractivity contribution in [3.8, 4) is 11.5 Å². The van der Waals surface area contributed by atoms with Gasteiger partial charge in [0.1, 0.15) is 11.9 Å². The Kier molecular flexibility index (Phi) is 3.29. The molecule has 1 atom stereocenters. The average molecular weight is 283 g/mol. The van der Waals surface area contributed by atoms with E-state index in [4.69, 9.17) is 15.2 Å². The van der Waals surface area contributed by atoms with E-state index in [0.717, 1.165) is 16.9 Å². The first-order chi connectivity index (χ1) is 10.1. The lowest BCUT2D eigenvalue weighted by molar-refractivity contribution is 0.0851. The second-order valence-corrected chi connectivity index (χ2v) is 5.24. The molecule has 4 nitrogen and oxygen atoms in total. The summed E-state index contributed by atoms with van der Waals surface area (Å²) in [5, 5.41) is 0. The SMILES string of the molecule is COc1ccc(C2CC(=O)c3cc(C)cc(N)c3O2)cc1. The molecule has 1 aliphatic rings. The summed E-state index contributed by atoms with van der Waals surface area (Å²) in [5.41, 5.74) is 8.99. The van der Waals surface area contributed by atoms with Gasteiger partial charge in [-0.25, -0.2) is 0 Å². The van der Waals surface area contributed by atoms with Crippen LogP contribution >= 0.6 is 0 Å². The number of nitrogen functional groups attached to an aromatic ring is 1. The van der Waals surface area contributed by atoms with E-state index in [-0.39, 0.29) is 11.9 Å². The molecule has 3 rings (SSSR count). The van der Waals surface area contributed by atoms with Crippen LogP contribution in [0, 0.1) is 6.92 Å². The van der Waals surface area contributed by atoms with Gasteiger partial charge in [0.05, 0.1) is 24.8 Å². The molecule has 0 aliphatic carbocycles. The molecule has 0 bridgehead atoms. The number of anilines is 1. The second-order valence-electron chi connectivity index (χ2n) is 5.24. The summed E-state index contributed by atoms with van der Waals surface area (Å²) in [4.78, 5) is 12.3. The van der Waals surface area contributed by atoms with E-state index in [1.54, 1.807) is 7.11 Å². The Morgan fingerprint density at radius 3 is 2.62 bits per heavy atom. The maximum atomic E-state index is 12.3. The lowest BCUT2D eigenvalue weighted by Gasteiger charge is -2.27. The first-order valence-corrected chi connectivity index (χ1v) is 6.82. The quantitative estimate of drug-likeness (QED) is 0.859. The minimum Gasteiger partial charge on any atom is -0.497 e. The third-order valence-corrected chi connectivity index (χ3v) is 3.68. The minimum absolute atomic E-state index is 0.0625. The molecule has 1 aliphatic heterocycles. The molecule has 0 saturated heterocycles. The van der Waals surface area contributed by atoms with Gasteiger partial charge in [-0.1, -0.05) is 12.1 Å². The van der Waals surface area contributed by atoms with Crippen molar-refractivity contribution in [3.05, 3.63) is 53.1 Å². The Morgan fingerprint density at radius 2 is 1.95 bits per heavy atom. The van der Waals surface area contributed by atoms with Gasteiger partial charge in [0.2, 0.25) is 0 Å². The van der Waals surface area contributed by atoms with Crippen LogP contribution in [0.15, 0.2) is 36.4 Å².